The molecule has 0 aliphatic heterocycles. The Balaban J connectivity index is 2.00. The molecule has 2 N–H and O–H groups in total. The van der Waals surface area contributed by atoms with Gasteiger partial charge >= 0.3 is 0 Å². The van der Waals surface area contributed by atoms with Crippen LogP contribution in [0, 0.1) is 5.41 Å². The lowest BCUT2D eigenvalue weighted by atomic mass is 9.90. The number of nitrogens with one attached hydrogen (secondary N) is 2. The van der Waals surface area contributed by atoms with E-state index in [-0.39, 0.29) is 0 Å². The fourth-order valence-electron chi connectivity index (χ4n) is 1.60. The van der Waals surface area contributed by atoms with Crippen LogP contribution in [0.4, 0.5) is 0 Å². The standard InChI is InChI=1S/C13H27N3/c1-13(2,3)9-5-6-10-15-12(14-4)16-11-7-8-11/h11H,5-10H2,1-4H3,(H2,14,15,16). The maximum absolute atomic E-state index is 4.21. The minimum atomic E-state index is 0.466. The van der Waals surface area contributed by atoms with Crippen molar-refractivity contribution < 1.29 is 0 Å². The third-order valence-electron chi connectivity index (χ3n) is 2.79. The number of nitrogens with zero attached hydrogens (tertiary/aromatic N) is 1. The number of rotatable bonds is 5. The van der Waals surface area contributed by atoms with Crippen LogP contribution in [0.5, 0.6) is 0 Å². The minimum Gasteiger partial charge on any atom is -0.356 e. The average Bonchev–Trinajstić information content (AvgIpc) is 2.97. The Bertz CT molecular complexity index is 224. The first kappa shape index (κ1) is 13.3. The van der Waals surface area contributed by atoms with Gasteiger partial charge in [-0.2, -0.15) is 0 Å². The highest BCUT2D eigenvalue weighted by molar-refractivity contribution is 5.80. The summed E-state index contributed by atoms with van der Waals surface area (Å²) in [4.78, 5) is 4.21. The van der Waals surface area contributed by atoms with Crippen molar-refractivity contribution in [1.29, 1.82) is 0 Å². The molecule has 3 nitrogen and oxygen atoms in total. The van der Waals surface area contributed by atoms with E-state index in [1.807, 2.05) is 7.05 Å². The highest BCUT2D eigenvalue weighted by atomic mass is 15.2. The van der Waals surface area contributed by atoms with Crippen molar-refractivity contribution in [2.45, 2.75) is 58.9 Å². The fourth-order valence-corrected chi connectivity index (χ4v) is 1.60. The van der Waals surface area contributed by atoms with E-state index in [2.05, 4.69) is 36.4 Å². The number of guanidine groups is 1. The summed E-state index contributed by atoms with van der Waals surface area (Å²) in [6.45, 7) is 7.93. The van der Waals surface area contributed by atoms with Crippen molar-refractivity contribution in [2.75, 3.05) is 13.6 Å². The van der Waals surface area contributed by atoms with E-state index in [0.29, 0.717) is 11.5 Å². The largest absolute Gasteiger partial charge is 0.356 e. The van der Waals surface area contributed by atoms with E-state index in [1.165, 1.54) is 32.1 Å². The van der Waals surface area contributed by atoms with Gasteiger partial charge in [0.1, 0.15) is 0 Å². The maximum Gasteiger partial charge on any atom is 0.191 e. The molecule has 0 bridgehead atoms. The molecule has 1 saturated carbocycles. The van der Waals surface area contributed by atoms with Crippen LogP contribution in [-0.4, -0.2) is 25.6 Å². The molecule has 0 aromatic carbocycles. The van der Waals surface area contributed by atoms with Gasteiger partial charge in [0.05, 0.1) is 0 Å². The van der Waals surface area contributed by atoms with Crippen LogP contribution in [0.1, 0.15) is 52.9 Å². The molecule has 0 radical (unpaired) electrons. The Morgan fingerprint density at radius 3 is 2.44 bits per heavy atom. The Kier molecular flexibility index (Phi) is 5.10. The zero-order valence-corrected chi connectivity index (χ0v) is 11.3. The summed E-state index contributed by atoms with van der Waals surface area (Å²) < 4.78 is 0. The van der Waals surface area contributed by atoms with Gasteiger partial charge in [-0.15, -0.1) is 0 Å². The summed E-state index contributed by atoms with van der Waals surface area (Å²) in [7, 11) is 1.84. The van der Waals surface area contributed by atoms with Gasteiger partial charge in [-0.1, -0.05) is 27.2 Å². The molecule has 0 atom stereocenters. The van der Waals surface area contributed by atoms with Gasteiger partial charge in [0, 0.05) is 19.6 Å². The molecule has 0 unspecified atom stereocenters. The van der Waals surface area contributed by atoms with Gasteiger partial charge in [-0.3, -0.25) is 4.99 Å². The molecule has 0 aromatic rings. The van der Waals surface area contributed by atoms with Gasteiger partial charge in [0.15, 0.2) is 5.96 Å². The zero-order chi connectivity index (χ0) is 12.0. The van der Waals surface area contributed by atoms with Crippen molar-refractivity contribution in [2.24, 2.45) is 10.4 Å². The second-order valence-corrected chi connectivity index (χ2v) is 5.94. The van der Waals surface area contributed by atoms with E-state index in [9.17, 15) is 0 Å². The second-order valence-electron chi connectivity index (χ2n) is 5.94. The molecule has 1 aliphatic rings. The fraction of sp³-hybridized carbons (Fsp3) is 0.923. The highest BCUT2D eigenvalue weighted by Crippen LogP contribution is 2.21. The van der Waals surface area contributed by atoms with Crippen molar-refractivity contribution >= 4 is 5.96 Å². The van der Waals surface area contributed by atoms with Crippen molar-refractivity contribution in [3.05, 3.63) is 0 Å². The Morgan fingerprint density at radius 1 is 1.25 bits per heavy atom. The third-order valence-corrected chi connectivity index (χ3v) is 2.79. The molecule has 1 aliphatic carbocycles. The molecule has 3 heteroatoms. The monoisotopic (exact) mass is 225 g/mol. The lowest BCUT2D eigenvalue weighted by Crippen LogP contribution is -2.38. The summed E-state index contributed by atoms with van der Waals surface area (Å²) in [6, 6.07) is 0.681. The van der Waals surface area contributed by atoms with E-state index in [4.69, 9.17) is 0 Å². The van der Waals surface area contributed by atoms with Crippen LogP contribution in [-0.2, 0) is 0 Å². The predicted molar refractivity (Wildman–Crippen MR) is 70.8 cm³/mol. The van der Waals surface area contributed by atoms with Crippen LogP contribution in [0.3, 0.4) is 0 Å². The number of hydrogen-bond donors (Lipinski definition) is 2. The lowest BCUT2D eigenvalue weighted by Gasteiger charge is -2.18. The molecule has 0 spiro atoms. The SMILES string of the molecule is CN=C(NCCCCC(C)(C)C)NC1CC1. The topological polar surface area (TPSA) is 36.4 Å². The van der Waals surface area contributed by atoms with Crippen molar-refractivity contribution in [3.8, 4) is 0 Å². The number of hydrogen-bond acceptors (Lipinski definition) is 1. The predicted octanol–water partition coefficient (Wildman–Crippen LogP) is 2.53. The molecule has 0 heterocycles. The minimum absolute atomic E-state index is 0.466. The zero-order valence-electron chi connectivity index (χ0n) is 11.3. The summed E-state index contributed by atoms with van der Waals surface area (Å²) in [5, 5.41) is 6.75. The van der Waals surface area contributed by atoms with Crippen LogP contribution >= 0.6 is 0 Å². The Morgan fingerprint density at radius 2 is 1.94 bits per heavy atom. The molecule has 1 fully saturated rings. The normalized spacial score (nSPS) is 17.4. The quantitative estimate of drug-likeness (QED) is 0.428. The van der Waals surface area contributed by atoms with E-state index < -0.39 is 0 Å². The molecule has 16 heavy (non-hydrogen) atoms. The Labute approximate surface area is 100 Å². The molecule has 0 aromatic heterocycles. The first-order chi connectivity index (χ1) is 7.51. The summed E-state index contributed by atoms with van der Waals surface area (Å²) >= 11 is 0. The molecule has 94 valence electrons. The van der Waals surface area contributed by atoms with Gasteiger partial charge in [-0.05, 0) is 31.1 Å². The molecular weight excluding hydrogens is 198 g/mol. The van der Waals surface area contributed by atoms with E-state index >= 15 is 0 Å². The first-order valence-electron chi connectivity index (χ1n) is 6.48. The van der Waals surface area contributed by atoms with Gasteiger partial charge in [0.2, 0.25) is 0 Å². The summed E-state index contributed by atoms with van der Waals surface area (Å²) in [5.41, 5.74) is 0.466. The highest BCUT2D eigenvalue weighted by Gasteiger charge is 2.21. The van der Waals surface area contributed by atoms with Crippen LogP contribution in [0.2, 0.25) is 0 Å². The van der Waals surface area contributed by atoms with Crippen molar-refractivity contribution in [1.82, 2.24) is 10.6 Å². The number of aliphatic imine (C=N–C) groups is 1. The smallest absolute Gasteiger partial charge is 0.191 e. The van der Waals surface area contributed by atoms with E-state index in [0.717, 1.165) is 12.5 Å². The molecule has 0 amide bonds. The number of unbranched alkanes of at least 4 members (excludes halogenated alkanes) is 1. The third kappa shape index (κ3) is 6.70. The average molecular weight is 225 g/mol. The van der Waals surface area contributed by atoms with Crippen LogP contribution in [0.25, 0.3) is 0 Å². The summed E-state index contributed by atoms with van der Waals surface area (Å²) in [6.07, 6.45) is 6.40. The lowest BCUT2D eigenvalue weighted by molar-refractivity contribution is 0.360. The van der Waals surface area contributed by atoms with Gasteiger partial charge in [0.25, 0.3) is 0 Å². The maximum atomic E-state index is 4.21. The van der Waals surface area contributed by atoms with Crippen LogP contribution < -0.4 is 10.6 Å². The second kappa shape index (κ2) is 6.12. The van der Waals surface area contributed by atoms with Gasteiger partial charge in [-0.25, -0.2) is 0 Å². The van der Waals surface area contributed by atoms with Gasteiger partial charge < -0.3 is 10.6 Å². The first-order valence-corrected chi connectivity index (χ1v) is 6.48. The molecule has 0 saturated heterocycles. The Hall–Kier alpha value is -0.730. The van der Waals surface area contributed by atoms with Crippen molar-refractivity contribution in [3.63, 3.8) is 0 Å². The summed E-state index contributed by atoms with van der Waals surface area (Å²) in [5.74, 6) is 0.971. The van der Waals surface area contributed by atoms with Crippen LogP contribution in [0.15, 0.2) is 4.99 Å². The molecular formula is C13H27N3. The van der Waals surface area contributed by atoms with E-state index in [1.54, 1.807) is 0 Å². The molecule has 1 rings (SSSR count).